The average Bonchev–Trinajstić information content (AvgIpc) is 3.40. The van der Waals surface area contributed by atoms with Crippen LogP contribution in [-0.4, -0.2) is 15.4 Å². The molecule has 0 fully saturated rings. The Balaban J connectivity index is 1.63. The van der Waals surface area contributed by atoms with E-state index in [9.17, 15) is 4.79 Å². The zero-order valence-electron chi connectivity index (χ0n) is 17.3. The summed E-state index contributed by atoms with van der Waals surface area (Å²) in [5.41, 5.74) is 4.29. The molecular weight excluding hydrogens is 380 g/mol. The maximum atomic E-state index is 13.5. The van der Waals surface area contributed by atoms with Crippen molar-refractivity contribution in [3.63, 3.8) is 0 Å². The molecule has 0 saturated heterocycles. The molecule has 0 unspecified atom stereocenters. The van der Waals surface area contributed by atoms with Crippen LogP contribution in [0.3, 0.4) is 0 Å². The van der Waals surface area contributed by atoms with Crippen LogP contribution in [0.4, 0.5) is 0 Å². The van der Waals surface area contributed by atoms with Crippen molar-refractivity contribution < 1.29 is 9.21 Å². The Morgan fingerprint density at radius 3 is 2.48 bits per heavy atom. The van der Waals surface area contributed by atoms with Crippen molar-refractivity contribution in [2.24, 2.45) is 7.05 Å². The van der Waals surface area contributed by atoms with Crippen LogP contribution < -0.4 is 0 Å². The van der Waals surface area contributed by atoms with E-state index in [0.717, 1.165) is 21.5 Å². The first-order valence-corrected chi connectivity index (χ1v) is 10.6. The molecule has 4 aromatic rings. The fraction of sp³-hybridized carbons (Fsp3) is 0.292. The molecule has 0 atom stereocenters. The summed E-state index contributed by atoms with van der Waals surface area (Å²) in [6.45, 7) is 7.58. The third-order valence-electron chi connectivity index (χ3n) is 5.29. The fourth-order valence-electron chi connectivity index (χ4n) is 3.54. The van der Waals surface area contributed by atoms with Crippen molar-refractivity contribution in [3.8, 4) is 0 Å². The van der Waals surface area contributed by atoms with Gasteiger partial charge in [-0.1, -0.05) is 45.0 Å². The first-order valence-electron chi connectivity index (χ1n) is 9.77. The predicted molar refractivity (Wildman–Crippen MR) is 118 cm³/mol. The predicted octanol–water partition coefficient (Wildman–Crippen LogP) is 5.97. The summed E-state index contributed by atoms with van der Waals surface area (Å²) in [4.78, 5) is 15.3. The highest BCUT2D eigenvalue weighted by molar-refractivity contribution is 7.17. The largest absolute Gasteiger partial charge is 0.467 e. The molecule has 150 valence electrons. The molecule has 0 aliphatic rings. The van der Waals surface area contributed by atoms with E-state index in [1.54, 1.807) is 17.6 Å². The number of nitrogens with zero attached hydrogens (tertiary/aromatic N) is 2. The number of rotatable bonds is 5. The molecule has 0 aliphatic carbocycles. The number of fused-ring (bicyclic) bond motifs is 1. The average molecular weight is 407 g/mol. The summed E-state index contributed by atoms with van der Waals surface area (Å²) in [6, 6.07) is 16.4. The van der Waals surface area contributed by atoms with Crippen LogP contribution in [0.5, 0.6) is 0 Å². The van der Waals surface area contributed by atoms with Crippen molar-refractivity contribution in [2.75, 3.05) is 0 Å². The standard InChI is InChI=1S/C24H26N2O2S/c1-24(2,3)18-9-7-17(8-10-18)15-26(16-19-6-5-12-28-19)23(27)21-14-22-20(25(21)4)11-13-29-22/h5-14H,15-16H2,1-4H3. The molecule has 4 nitrogen and oxygen atoms in total. The molecule has 0 N–H and O–H groups in total. The van der Waals surface area contributed by atoms with Gasteiger partial charge >= 0.3 is 0 Å². The number of furan rings is 1. The van der Waals surface area contributed by atoms with Gasteiger partial charge in [0.1, 0.15) is 11.5 Å². The molecule has 0 bridgehead atoms. The van der Waals surface area contributed by atoms with E-state index >= 15 is 0 Å². The van der Waals surface area contributed by atoms with E-state index in [2.05, 4.69) is 56.5 Å². The second-order valence-corrected chi connectivity index (χ2v) is 9.39. The molecule has 0 aliphatic heterocycles. The summed E-state index contributed by atoms with van der Waals surface area (Å²) in [5.74, 6) is 0.785. The normalized spacial score (nSPS) is 11.9. The van der Waals surface area contributed by atoms with Gasteiger partial charge in [0, 0.05) is 13.6 Å². The lowest BCUT2D eigenvalue weighted by atomic mass is 9.87. The van der Waals surface area contributed by atoms with E-state index < -0.39 is 0 Å². The quantitative estimate of drug-likeness (QED) is 0.409. The Hall–Kier alpha value is -2.79. The minimum absolute atomic E-state index is 0.00666. The molecule has 1 amide bonds. The van der Waals surface area contributed by atoms with E-state index in [4.69, 9.17) is 4.42 Å². The highest BCUT2D eigenvalue weighted by Gasteiger charge is 2.22. The van der Waals surface area contributed by atoms with Crippen LogP contribution in [0.1, 0.15) is 48.1 Å². The molecule has 3 aromatic heterocycles. The molecule has 5 heteroatoms. The number of aromatic nitrogens is 1. The van der Waals surface area contributed by atoms with Crippen LogP contribution in [0.2, 0.25) is 0 Å². The lowest BCUT2D eigenvalue weighted by molar-refractivity contribution is 0.0708. The highest BCUT2D eigenvalue weighted by atomic mass is 32.1. The van der Waals surface area contributed by atoms with Crippen LogP contribution >= 0.6 is 11.3 Å². The Labute approximate surface area is 175 Å². The maximum Gasteiger partial charge on any atom is 0.271 e. The number of hydrogen-bond donors (Lipinski definition) is 0. The number of hydrogen-bond acceptors (Lipinski definition) is 3. The van der Waals surface area contributed by atoms with Gasteiger partial charge in [0.25, 0.3) is 5.91 Å². The van der Waals surface area contributed by atoms with Gasteiger partial charge in [-0.2, -0.15) is 0 Å². The number of carbonyl (C=O) groups is 1. The Bertz CT molecular complexity index is 1110. The van der Waals surface area contributed by atoms with Gasteiger partial charge in [0.15, 0.2) is 0 Å². The molecule has 1 aromatic carbocycles. The van der Waals surface area contributed by atoms with Crippen molar-refractivity contribution in [3.05, 3.63) is 82.8 Å². The van der Waals surface area contributed by atoms with Gasteiger partial charge in [-0.15, -0.1) is 11.3 Å². The van der Waals surface area contributed by atoms with Crippen molar-refractivity contribution >= 4 is 27.5 Å². The van der Waals surface area contributed by atoms with E-state index in [1.165, 1.54) is 5.56 Å². The molecular formula is C24H26N2O2S. The summed E-state index contributed by atoms with van der Waals surface area (Å²) in [5, 5.41) is 2.05. The number of aryl methyl sites for hydroxylation is 1. The van der Waals surface area contributed by atoms with E-state index in [-0.39, 0.29) is 11.3 Å². The van der Waals surface area contributed by atoms with Crippen molar-refractivity contribution in [2.45, 2.75) is 39.3 Å². The smallest absolute Gasteiger partial charge is 0.271 e. The molecule has 3 heterocycles. The van der Waals surface area contributed by atoms with E-state index in [0.29, 0.717) is 18.8 Å². The van der Waals surface area contributed by atoms with Crippen molar-refractivity contribution in [1.82, 2.24) is 9.47 Å². The first kappa shape index (κ1) is 19.5. The van der Waals surface area contributed by atoms with Gasteiger partial charge in [0.05, 0.1) is 23.0 Å². The number of benzene rings is 1. The Morgan fingerprint density at radius 1 is 1.10 bits per heavy atom. The minimum Gasteiger partial charge on any atom is -0.467 e. The van der Waals surface area contributed by atoms with Gasteiger partial charge in [0.2, 0.25) is 0 Å². The molecule has 29 heavy (non-hydrogen) atoms. The highest BCUT2D eigenvalue weighted by Crippen LogP contribution is 2.26. The zero-order valence-corrected chi connectivity index (χ0v) is 18.1. The van der Waals surface area contributed by atoms with Gasteiger partial charge in [-0.25, -0.2) is 0 Å². The number of carbonyl (C=O) groups excluding carboxylic acids is 1. The third kappa shape index (κ3) is 4.01. The van der Waals surface area contributed by atoms with Gasteiger partial charge in [-0.05, 0) is 46.2 Å². The lowest BCUT2D eigenvalue weighted by Gasteiger charge is -2.23. The van der Waals surface area contributed by atoms with Crippen LogP contribution in [0.25, 0.3) is 10.2 Å². The van der Waals surface area contributed by atoms with Gasteiger partial charge < -0.3 is 13.9 Å². The summed E-state index contributed by atoms with van der Waals surface area (Å²) in [7, 11) is 1.95. The lowest BCUT2D eigenvalue weighted by Crippen LogP contribution is -2.31. The minimum atomic E-state index is 0.00666. The monoisotopic (exact) mass is 406 g/mol. The summed E-state index contributed by atoms with van der Waals surface area (Å²) in [6.07, 6.45) is 1.65. The first-order chi connectivity index (χ1) is 13.8. The second kappa shape index (κ2) is 7.56. The number of amides is 1. The van der Waals surface area contributed by atoms with Gasteiger partial charge in [-0.3, -0.25) is 4.79 Å². The van der Waals surface area contributed by atoms with Crippen LogP contribution in [0, 0.1) is 0 Å². The maximum absolute atomic E-state index is 13.5. The topological polar surface area (TPSA) is 38.4 Å². The molecule has 0 spiro atoms. The fourth-order valence-corrected chi connectivity index (χ4v) is 4.39. The second-order valence-electron chi connectivity index (χ2n) is 8.45. The molecule has 0 radical (unpaired) electrons. The SMILES string of the molecule is Cn1c(C(=O)N(Cc2ccc(C(C)(C)C)cc2)Cc2ccco2)cc2sccc21. The molecule has 0 saturated carbocycles. The Kier molecular flexibility index (Phi) is 5.09. The number of thiophene rings is 1. The van der Waals surface area contributed by atoms with Crippen LogP contribution in [-0.2, 0) is 25.6 Å². The summed E-state index contributed by atoms with van der Waals surface area (Å²) >= 11 is 1.65. The third-order valence-corrected chi connectivity index (χ3v) is 6.14. The molecule has 4 rings (SSSR count). The Morgan fingerprint density at radius 2 is 1.86 bits per heavy atom. The van der Waals surface area contributed by atoms with E-state index in [1.807, 2.05) is 34.7 Å². The summed E-state index contributed by atoms with van der Waals surface area (Å²) < 4.78 is 8.63. The zero-order chi connectivity index (χ0) is 20.6. The van der Waals surface area contributed by atoms with Crippen LogP contribution in [0.15, 0.2) is 64.6 Å². The van der Waals surface area contributed by atoms with Crippen molar-refractivity contribution in [1.29, 1.82) is 0 Å².